The predicted molar refractivity (Wildman–Crippen MR) is 216 cm³/mol. The van der Waals surface area contributed by atoms with Crippen LogP contribution in [0.5, 0.6) is 0 Å². The highest BCUT2D eigenvalue weighted by molar-refractivity contribution is 5.87. The lowest BCUT2D eigenvalue weighted by Gasteiger charge is -2.30. The number of likely N-dealkylation sites (tertiary alicyclic amines) is 1. The van der Waals surface area contributed by atoms with Gasteiger partial charge in [-0.3, -0.25) is 9.59 Å². The molecule has 2 aliphatic carbocycles. The lowest BCUT2D eigenvalue weighted by Crippen LogP contribution is -2.54. The number of methoxy groups -OCH3 is 2. The van der Waals surface area contributed by atoms with Crippen molar-refractivity contribution in [2.24, 2.45) is 17.8 Å². The number of amides is 3. The Morgan fingerprint density at radius 2 is 1.42 bits per heavy atom. The summed E-state index contributed by atoms with van der Waals surface area (Å²) in [6.45, 7) is 2.78. The predicted octanol–water partition coefficient (Wildman–Crippen LogP) is 6.59. The average molecular weight is 771 g/mol. The molecule has 3 fully saturated rings. The zero-order valence-electron chi connectivity index (χ0n) is 32.5. The zero-order chi connectivity index (χ0) is 39.6. The Bertz CT molecular complexity index is 2200. The van der Waals surface area contributed by atoms with Gasteiger partial charge in [-0.15, -0.1) is 0 Å². The van der Waals surface area contributed by atoms with Crippen LogP contribution in [0.4, 0.5) is 10.5 Å². The molecule has 3 heterocycles. The first-order chi connectivity index (χ1) is 27.7. The summed E-state index contributed by atoms with van der Waals surface area (Å²) in [5.74, 6) is 2.31. The monoisotopic (exact) mass is 770 g/mol. The SMILES string of the molecule is COC(=O)N[C@H](C(=O)N1CCC[C@H]1c1ncc(-c2ccc(-c3ccc(-c4cnc([C@H]5C6CCC(C6)[C@@H]5C(=O)NCc5ccc(N)cc5)[nH]4)cc3)cc2)[nH]1)[C@@H](C)OC. The molecule has 1 aliphatic heterocycles. The van der Waals surface area contributed by atoms with E-state index >= 15 is 0 Å². The number of fused-ring (bicyclic) bond motifs is 2. The van der Waals surface area contributed by atoms with Gasteiger partial charge >= 0.3 is 6.09 Å². The van der Waals surface area contributed by atoms with Crippen LogP contribution in [0.2, 0.25) is 0 Å². The first-order valence-corrected chi connectivity index (χ1v) is 19.8. The molecule has 3 aliphatic rings. The molecule has 0 radical (unpaired) electrons. The zero-order valence-corrected chi connectivity index (χ0v) is 32.5. The number of aromatic nitrogens is 4. The fourth-order valence-corrected chi connectivity index (χ4v) is 9.19. The number of hydrogen-bond donors (Lipinski definition) is 5. The quantitative estimate of drug-likeness (QED) is 0.0882. The molecule has 7 atom stereocenters. The van der Waals surface area contributed by atoms with Crippen LogP contribution in [0.15, 0.2) is 85.2 Å². The Labute approximate surface area is 332 Å². The number of nitrogens with one attached hydrogen (secondary N) is 4. The summed E-state index contributed by atoms with van der Waals surface area (Å²) in [7, 11) is 2.77. The molecule has 13 nitrogen and oxygen atoms in total. The number of hydrogen-bond acceptors (Lipinski definition) is 8. The number of nitrogens with zero attached hydrogens (tertiary/aromatic N) is 3. The number of benzene rings is 3. The topological polar surface area (TPSA) is 180 Å². The average Bonchev–Trinajstić information content (AvgIpc) is 4.10. The summed E-state index contributed by atoms with van der Waals surface area (Å²) in [6.07, 6.45) is 7.34. The maximum atomic E-state index is 13.6. The number of nitrogen functional groups attached to an aromatic ring is 1. The smallest absolute Gasteiger partial charge is 0.407 e. The lowest BCUT2D eigenvalue weighted by molar-refractivity contribution is -0.137. The summed E-state index contributed by atoms with van der Waals surface area (Å²) >= 11 is 0. The number of nitrogens with two attached hydrogens (primary N) is 1. The number of alkyl carbamates (subject to hydrolysis) is 1. The van der Waals surface area contributed by atoms with Gasteiger partial charge in [0.25, 0.3) is 0 Å². The lowest BCUT2D eigenvalue weighted by atomic mass is 9.78. The second-order valence-corrected chi connectivity index (χ2v) is 15.6. The van der Waals surface area contributed by atoms with Gasteiger partial charge in [0.1, 0.15) is 17.7 Å². The van der Waals surface area contributed by atoms with Crippen molar-refractivity contribution in [2.45, 2.75) is 69.7 Å². The van der Waals surface area contributed by atoms with Crippen LogP contribution in [-0.2, 0) is 25.6 Å². The molecule has 296 valence electrons. The number of anilines is 1. The van der Waals surface area contributed by atoms with Crippen molar-refractivity contribution in [1.82, 2.24) is 35.5 Å². The number of carbonyl (C=O) groups is 3. The fourth-order valence-electron chi connectivity index (χ4n) is 9.19. The molecule has 2 unspecified atom stereocenters. The van der Waals surface area contributed by atoms with Crippen LogP contribution >= 0.6 is 0 Å². The summed E-state index contributed by atoms with van der Waals surface area (Å²) in [5, 5.41) is 5.82. The molecule has 2 bridgehead atoms. The fraction of sp³-hybridized carbons (Fsp3) is 0.386. The van der Waals surface area contributed by atoms with Crippen LogP contribution < -0.4 is 16.4 Å². The van der Waals surface area contributed by atoms with E-state index in [4.69, 9.17) is 20.2 Å². The number of ether oxygens (including phenoxy) is 2. The first-order valence-electron chi connectivity index (χ1n) is 19.8. The van der Waals surface area contributed by atoms with Gasteiger partial charge in [-0.25, -0.2) is 14.8 Å². The van der Waals surface area contributed by atoms with Crippen molar-refractivity contribution >= 4 is 23.6 Å². The standard InChI is InChI=1S/C44H50N8O5/c1-25(56-2)39(51-44(55)57-3)43(54)52-20-4-5-36(52)40-46-23-34(49-40)29-12-8-27(9-13-29)28-10-14-30(15-11-28)35-24-47-41(50-35)37-31-16-17-32(21-31)38(37)42(53)48-22-26-6-18-33(45)19-7-26/h6-15,18-19,23-25,31-32,36-39H,4-5,16-17,20-22,45H2,1-3H3,(H,46,49)(H,47,50)(H,48,53)(H,51,55)/t25-,31?,32?,36+,37+,38+,39+/m1/s1. The molecule has 1 saturated heterocycles. The maximum Gasteiger partial charge on any atom is 0.407 e. The van der Waals surface area contributed by atoms with Crippen molar-refractivity contribution in [1.29, 1.82) is 0 Å². The van der Waals surface area contributed by atoms with Crippen molar-refractivity contribution < 1.29 is 23.9 Å². The van der Waals surface area contributed by atoms with Gasteiger partial charge in [-0.2, -0.15) is 0 Å². The van der Waals surface area contributed by atoms with Gasteiger partial charge in [0.2, 0.25) is 11.8 Å². The number of imidazole rings is 2. The third kappa shape index (κ3) is 7.76. The third-order valence-corrected chi connectivity index (χ3v) is 12.3. The molecule has 2 aromatic heterocycles. The maximum absolute atomic E-state index is 13.6. The van der Waals surface area contributed by atoms with Gasteiger partial charge in [0.15, 0.2) is 0 Å². The highest BCUT2D eigenvalue weighted by atomic mass is 16.5. The first kappa shape index (κ1) is 37.9. The number of aromatic amines is 2. The molecular weight excluding hydrogens is 721 g/mol. The van der Waals surface area contributed by atoms with E-state index < -0.39 is 18.2 Å². The molecule has 2 saturated carbocycles. The van der Waals surface area contributed by atoms with Gasteiger partial charge < -0.3 is 40.7 Å². The minimum absolute atomic E-state index is 0.0830. The van der Waals surface area contributed by atoms with Crippen molar-refractivity contribution in [3.8, 4) is 33.6 Å². The van der Waals surface area contributed by atoms with E-state index in [1.54, 1.807) is 18.0 Å². The third-order valence-electron chi connectivity index (χ3n) is 12.3. The van der Waals surface area contributed by atoms with Crippen LogP contribution in [0.1, 0.15) is 68.2 Å². The summed E-state index contributed by atoms with van der Waals surface area (Å²) in [5.41, 5.74) is 13.6. The van der Waals surface area contributed by atoms with Gasteiger partial charge in [-0.1, -0.05) is 60.7 Å². The van der Waals surface area contributed by atoms with Gasteiger partial charge in [0, 0.05) is 31.8 Å². The molecule has 0 spiro atoms. The molecule has 8 rings (SSSR count). The molecule has 5 aromatic rings. The Morgan fingerprint density at radius 3 is 2.05 bits per heavy atom. The van der Waals surface area contributed by atoms with Gasteiger partial charge in [-0.05, 0) is 90.8 Å². The molecule has 13 heteroatoms. The molecule has 6 N–H and O–H groups in total. The molecule has 3 amide bonds. The van der Waals surface area contributed by atoms with E-state index in [1.165, 1.54) is 14.2 Å². The van der Waals surface area contributed by atoms with Crippen LogP contribution in [0.3, 0.4) is 0 Å². The van der Waals surface area contributed by atoms with E-state index in [2.05, 4.69) is 74.1 Å². The minimum atomic E-state index is -0.886. The number of carbonyl (C=O) groups excluding carboxylic acids is 3. The van der Waals surface area contributed by atoms with Crippen molar-refractivity contribution in [3.63, 3.8) is 0 Å². The van der Waals surface area contributed by atoms with E-state index in [1.807, 2.05) is 30.5 Å². The van der Waals surface area contributed by atoms with Gasteiger partial charge in [0.05, 0.1) is 49.0 Å². The number of H-pyrrole nitrogens is 2. The van der Waals surface area contributed by atoms with E-state index in [0.29, 0.717) is 36.4 Å². The summed E-state index contributed by atoms with van der Waals surface area (Å²) in [6, 6.07) is 23.2. The normalized spacial score (nSPS) is 22.3. The van der Waals surface area contributed by atoms with Crippen molar-refractivity contribution in [2.75, 3.05) is 26.5 Å². The van der Waals surface area contributed by atoms with E-state index in [-0.39, 0.29) is 29.7 Å². The second-order valence-electron chi connectivity index (χ2n) is 15.6. The Morgan fingerprint density at radius 1 is 0.825 bits per heavy atom. The van der Waals surface area contributed by atoms with Crippen LogP contribution in [-0.4, -0.2) is 75.7 Å². The van der Waals surface area contributed by atoms with E-state index in [9.17, 15) is 14.4 Å². The van der Waals surface area contributed by atoms with Crippen LogP contribution in [0, 0.1) is 17.8 Å². The highest BCUT2D eigenvalue weighted by Crippen LogP contribution is 2.56. The molecule has 57 heavy (non-hydrogen) atoms. The highest BCUT2D eigenvalue weighted by Gasteiger charge is 2.52. The Hall–Kier alpha value is -5.95. The Kier molecular flexibility index (Phi) is 10.8. The Balaban J connectivity index is 0.915. The summed E-state index contributed by atoms with van der Waals surface area (Å²) in [4.78, 5) is 57.5. The summed E-state index contributed by atoms with van der Waals surface area (Å²) < 4.78 is 10.2. The van der Waals surface area contributed by atoms with E-state index in [0.717, 1.165) is 77.1 Å². The molecule has 3 aromatic carbocycles. The second kappa shape index (κ2) is 16.3. The molecular formula is C44H50N8O5. The minimum Gasteiger partial charge on any atom is -0.453 e. The van der Waals surface area contributed by atoms with Crippen molar-refractivity contribution in [3.05, 3.63) is 102 Å². The van der Waals surface area contributed by atoms with Crippen LogP contribution in [0.25, 0.3) is 33.6 Å². The number of rotatable bonds is 12. The largest absolute Gasteiger partial charge is 0.453 e.